The summed E-state index contributed by atoms with van der Waals surface area (Å²) in [6.07, 6.45) is 4.37. The highest BCUT2D eigenvalue weighted by atomic mass is 32.2. The highest BCUT2D eigenvalue weighted by Crippen LogP contribution is 2.35. The van der Waals surface area contributed by atoms with Gasteiger partial charge in [-0.05, 0) is 12.8 Å². The second kappa shape index (κ2) is 2.07. The van der Waals surface area contributed by atoms with E-state index in [9.17, 15) is 0 Å². The quantitative estimate of drug-likeness (QED) is 0.518. The molecule has 3 rings (SSSR count). The summed E-state index contributed by atoms with van der Waals surface area (Å²) in [5.41, 5.74) is 6.94. The standard InChI is InChI=1S/C6H8N2O2S/c1-2-4-6-5(3-1)8-10-11(6)9-7-4/h2,5,7-8H,1,3H2. The molecule has 0 aromatic heterocycles. The van der Waals surface area contributed by atoms with E-state index in [1.165, 1.54) is 4.86 Å². The summed E-state index contributed by atoms with van der Waals surface area (Å²) < 4.78 is 10.4. The Bertz CT molecular complexity index is 274. The zero-order valence-corrected chi connectivity index (χ0v) is 6.61. The lowest BCUT2D eigenvalue weighted by Crippen LogP contribution is -2.34. The zero-order valence-electron chi connectivity index (χ0n) is 5.79. The minimum absolute atomic E-state index is 0.383. The smallest absolute Gasteiger partial charge is 0.130 e. The third kappa shape index (κ3) is 0.737. The summed E-state index contributed by atoms with van der Waals surface area (Å²) in [4.78, 5) is 1.26. The average Bonchev–Trinajstić information content (AvgIpc) is 2.60. The van der Waals surface area contributed by atoms with Crippen molar-refractivity contribution in [3.8, 4) is 0 Å². The van der Waals surface area contributed by atoms with Crippen LogP contribution in [0.2, 0.25) is 0 Å². The Morgan fingerprint density at radius 2 is 2.55 bits per heavy atom. The van der Waals surface area contributed by atoms with Crippen molar-refractivity contribution in [1.29, 1.82) is 0 Å². The van der Waals surface area contributed by atoms with Gasteiger partial charge in [0.2, 0.25) is 0 Å². The molecule has 2 heterocycles. The van der Waals surface area contributed by atoms with Gasteiger partial charge in [-0.2, -0.15) is 9.76 Å². The van der Waals surface area contributed by atoms with Crippen molar-refractivity contribution in [3.63, 3.8) is 0 Å². The van der Waals surface area contributed by atoms with Crippen molar-refractivity contribution in [2.75, 3.05) is 0 Å². The highest BCUT2D eigenvalue weighted by molar-refractivity contribution is 8.08. The van der Waals surface area contributed by atoms with Crippen LogP contribution in [0.5, 0.6) is 0 Å². The maximum Gasteiger partial charge on any atom is 0.130 e. The van der Waals surface area contributed by atoms with Crippen molar-refractivity contribution in [2.45, 2.75) is 18.9 Å². The predicted molar refractivity (Wildman–Crippen MR) is 42.1 cm³/mol. The fourth-order valence-electron chi connectivity index (χ4n) is 1.52. The Morgan fingerprint density at radius 1 is 1.55 bits per heavy atom. The summed E-state index contributed by atoms with van der Waals surface area (Å²) in [7, 11) is 0. The van der Waals surface area contributed by atoms with Gasteiger partial charge in [-0.1, -0.05) is 6.08 Å². The van der Waals surface area contributed by atoms with Crippen LogP contribution < -0.4 is 11.0 Å². The van der Waals surface area contributed by atoms with Gasteiger partial charge in [0.05, 0.1) is 16.6 Å². The first-order valence-electron chi connectivity index (χ1n) is 3.63. The fraction of sp³-hybridized carbons (Fsp3) is 0.500. The molecule has 2 aliphatic heterocycles. The molecule has 4 nitrogen and oxygen atoms in total. The van der Waals surface area contributed by atoms with Crippen LogP contribution in [0.1, 0.15) is 12.8 Å². The van der Waals surface area contributed by atoms with Gasteiger partial charge in [-0.15, -0.1) is 0 Å². The summed E-state index contributed by atoms with van der Waals surface area (Å²) in [6, 6.07) is 0.383. The van der Waals surface area contributed by atoms with E-state index in [2.05, 4.69) is 17.0 Å². The largest absolute Gasteiger partial charge is 0.252 e. The first-order chi connectivity index (χ1) is 5.45. The minimum Gasteiger partial charge on any atom is -0.252 e. The number of hydrogen-bond acceptors (Lipinski definition) is 4. The Hall–Kier alpha value is -0.360. The summed E-state index contributed by atoms with van der Waals surface area (Å²) in [5, 5.41) is 0. The molecular formula is C6H8N2O2S. The molecule has 0 radical (unpaired) electrons. The number of hydroxylamine groups is 2. The topological polar surface area (TPSA) is 42.5 Å². The highest BCUT2D eigenvalue weighted by Gasteiger charge is 2.36. The normalized spacial score (nSPS) is 40.0. The number of allylic oxidation sites excluding steroid dienone is 1. The van der Waals surface area contributed by atoms with Gasteiger partial charge < -0.3 is 0 Å². The van der Waals surface area contributed by atoms with Crippen LogP contribution >= 0.6 is 11.0 Å². The maximum absolute atomic E-state index is 5.21. The SMILES string of the molecule is C1=C2NOS3=C2C(CC1)NO3. The fourth-order valence-corrected chi connectivity index (χ4v) is 2.80. The van der Waals surface area contributed by atoms with Gasteiger partial charge in [0.25, 0.3) is 0 Å². The molecule has 2 N–H and O–H groups in total. The molecule has 0 saturated heterocycles. The molecule has 0 bridgehead atoms. The molecule has 3 aliphatic rings. The van der Waals surface area contributed by atoms with Crippen molar-refractivity contribution < 1.29 is 8.57 Å². The molecule has 0 aromatic rings. The molecule has 0 aromatic carbocycles. The van der Waals surface area contributed by atoms with E-state index in [0.717, 1.165) is 18.5 Å². The summed E-state index contributed by atoms with van der Waals surface area (Å²) >= 11 is -0.451. The van der Waals surface area contributed by atoms with E-state index in [-0.39, 0.29) is 0 Å². The lowest BCUT2D eigenvalue weighted by molar-refractivity contribution is 0.166. The first-order valence-corrected chi connectivity index (χ1v) is 4.70. The average molecular weight is 172 g/mol. The van der Waals surface area contributed by atoms with E-state index in [0.29, 0.717) is 6.04 Å². The molecule has 1 aliphatic carbocycles. The van der Waals surface area contributed by atoms with E-state index in [1.807, 2.05) is 0 Å². The molecule has 0 saturated carbocycles. The number of rotatable bonds is 0. The Morgan fingerprint density at radius 3 is 3.55 bits per heavy atom. The van der Waals surface area contributed by atoms with Crippen molar-refractivity contribution in [3.05, 3.63) is 11.8 Å². The molecule has 0 amide bonds. The van der Waals surface area contributed by atoms with Crippen LogP contribution in [0.25, 0.3) is 0 Å². The molecule has 2 unspecified atom stereocenters. The van der Waals surface area contributed by atoms with Crippen LogP contribution in [0.4, 0.5) is 0 Å². The van der Waals surface area contributed by atoms with Crippen LogP contribution in [-0.2, 0) is 8.57 Å². The van der Waals surface area contributed by atoms with Crippen molar-refractivity contribution >= 4 is 15.9 Å². The molecular weight excluding hydrogens is 164 g/mol. The molecule has 60 valence electrons. The van der Waals surface area contributed by atoms with Crippen molar-refractivity contribution in [2.24, 2.45) is 0 Å². The number of nitrogens with one attached hydrogen (secondary N) is 2. The van der Waals surface area contributed by atoms with Gasteiger partial charge in [0.15, 0.2) is 0 Å². The maximum atomic E-state index is 5.21. The summed E-state index contributed by atoms with van der Waals surface area (Å²) in [6.45, 7) is 0. The molecule has 0 fully saturated rings. The van der Waals surface area contributed by atoms with Gasteiger partial charge in [0.1, 0.15) is 11.0 Å². The van der Waals surface area contributed by atoms with Crippen molar-refractivity contribution in [1.82, 2.24) is 11.0 Å². The molecule has 5 heteroatoms. The van der Waals surface area contributed by atoms with Gasteiger partial charge in [0, 0.05) is 0 Å². The Kier molecular flexibility index (Phi) is 1.17. The molecule has 11 heavy (non-hydrogen) atoms. The lowest BCUT2D eigenvalue weighted by Gasteiger charge is -2.16. The zero-order chi connectivity index (χ0) is 7.26. The third-order valence-corrected chi connectivity index (χ3v) is 3.40. The van der Waals surface area contributed by atoms with Gasteiger partial charge in [-0.3, -0.25) is 5.48 Å². The Balaban J connectivity index is 2.13. The number of hydrogen-bond donors (Lipinski definition) is 2. The van der Waals surface area contributed by atoms with Crippen LogP contribution in [0, 0.1) is 0 Å². The molecule has 2 atom stereocenters. The van der Waals surface area contributed by atoms with Crippen LogP contribution in [-0.4, -0.2) is 10.9 Å². The second-order valence-corrected chi connectivity index (χ2v) is 3.98. The van der Waals surface area contributed by atoms with Gasteiger partial charge in [-0.25, -0.2) is 4.28 Å². The summed E-state index contributed by atoms with van der Waals surface area (Å²) in [5.74, 6) is 0. The van der Waals surface area contributed by atoms with Gasteiger partial charge >= 0.3 is 0 Å². The lowest BCUT2D eigenvalue weighted by atomic mass is 10.00. The van der Waals surface area contributed by atoms with E-state index >= 15 is 0 Å². The monoisotopic (exact) mass is 172 g/mol. The van der Waals surface area contributed by atoms with Crippen LogP contribution in [0.15, 0.2) is 11.8 Å². The third-order valence-electron chi connectivity index (χ3n) is 2.06. The Labute approximate surface area is 66.8 Å². The van der Waals surface area contributed by atoms with E-state index < -0.39 is 11.0 Å². The molecule has 0 spiro atoms. The van der Waals surface area contributed by atoms with Crippen LogP contribution in [0.3, 0.4) is 0 Å². The van der Waals surface area contributed by atoms with E-state index in [1.54, 1.807) is 0 Å². The second-order valence-electron chi connectivity index (χ2n) is 2.73. The predicted octanol–water partition coefficient (Wildman–Crippen LogP) is 0.374. The first kappa shape index (κ1) is 6.19. The minimum atomic E-state index is -0.451. The van der Waals surface area contributed by atoms with E-state index in [4.69, 9.17) is 8.57 Å².